The van der Waals surface area contributed by atoms with E-state index in [0.29, 0.717) is 28.0 Å². The number of nitrogens with zero attached hydrogens (tertiary/aromatic N) is 1. The summed E-state index contributed by atoms with van der Waals surface area (Å²) in [6.07, 6.45) is 0. The Morgan fingerprint density at radius 1 is 1.04 bits per heavy atom. The number of nitrogens with one attached hydrogen (secondary N) is 3. The highest BCUT2D eigenvalue weighted by Gasteiger charge is 2.14. The summed E-state index contributed by atoms with van der Waals surface area (Å²) in [4.78, 5) is 20.5. The molecule has 0 spiro atoms. The minimum atomic E-state index is -3.64. The van der Waals surface area contributed by atoms with Gasteiger partial charge in [0.15, 0.2) is 0 Å². The highest BCUT2D eigenvalue weighted by atomic mass is 32.2. The molecule has 0 fully saturated rings. The summed E-state index contributed by atoms with van der Waals surface area (Å²) in [5, 5.41) is 14.0. The summed E-state index contributed by atoms with van der Waals surface area (Å²) >= 11 is 1.12. The lowest BCUT2D eigenvalue weighted by Gasteiger charge is -2.12. The zero-order valence-electron chi connectivity index (χ0n) is 14.2. The van der Waals surface area contributed by atoms with Crippen molar-refractivity contribution >= 4 is 49.7 Å². The Bertz CT molecular complexity index is 1320. The Morgan fingerprint density at radius 2 is 1.79 bits per heavy atom. The van der Waals surface area contributed by atoms with Gasteiger partial charge >= 0.3 is 5.69 Å². The van der Waals surface area contributed by atoms with Gasteiger partial charge in [-0.3, -0.25) is 9.71 Å². The van der Waals surface area contributed by atoms with Crippen LogP contribution in [0.1, 0.15) is 5.56 Å². The quantitative estimate of drug-likeness (QED) is 0.342. The van der Waals surface area contributed by atoms with E-state index in [1.165, 1.54) is 30.3 Å². The van der Waals surface area contributed by atoms with Crippen molar-refractivity contribution in [3.63, 3.8) is 0 Å². The Balaban J connectivity index is 1.55. The van der Waals surface area contributed by atoms with Crippen molar-refractivity contribution in [2.45, 2.75) is 4.21 Å². The van der Waals surface area contributed by atoms with Gasteiger partial charge in [-0.2, -0.15) is 0 Å². The normalized spacial score (nSPS) is 12.4. The predicted octanol–water partition coefficient (Wildman–Crippen LogP) is 2.16. The number of aromatic amines is 2. The molecule has 0 radical (unpaired) electrons. The molecule has 0 aliphatic carbocycles. The Kier molecular flexibility index (Phi) is 4.49. The van der Waals surface area contributed by atoms with E-state index in [2.05, 4.69) is 19.7 Å². The lowest BCUT2D eigenvalue weighted by molar-refractivity contribution is -0.212. The molecular weight excluding hydrogens is 400 g/mol. The Labute approximate surface area is 163 Å². The van der Waals surface area contributed by atoms with Crippen LogP contribution in [-0.4, -0.2) is 24.3 Å². The van der Waals surface area contributed by atoms with Gasteiger partial charge in [0.25, 0.3) is 10.0 Å². The molecule has 0 saturated heterocycles. The van der Waals surface area contributed by atoms with E-state index in [1.54, 1.807) is 29.6 Å². The number of hydrogen-bond acceptors (Lipinski definition) is 6. The molecule has 3 N–H and O–H groups in total. The van der Waals surface area contributed by atoms with E-state index in [9.17, 15) is 18.3 Å². The third-order valence-corrected chi connectivity index (χ3v) is 6.65. The van der Waals surface area contributed by atoms with E-state index in [4.69, 9.17) is 0 Å². The number of fused-ring (bicyclic) bond motifs is 1. The number of hydrogen-bond donors (Lipinski definition) is 3. The average Bonchev–Trinajstić information content (AvgIpc) is 3.31. The predicted molar refractivity (Wildman–Crippen MR) is 107 cm³/mol. The van der Waals surface area contributed by atoms with Crippen LogP contribution in [0.15, 0.2) is 74.0 Å². The maximum atomic E-state index is 12.4. The van der Waals surface area contributed by atoms with Crippen LogP contribution in [-0.2, 0) is 10.0 Å². The molecule has 8 nitrogen and oxygen atoms in total. The molecule has 2 aromatic heterocycles. The van der Waals surface area contributed by atoms with Crippen molar-refractivity contribution in [1.29, 1.82) is 0 Å². The summed E-state index contributed by atoms with van der Waals surface area (Å²) in [5.74, 6) is -0.482. The maximum absolute atomic E-state index is 12.4. The van der Waals surface area contributed by atoms with Crippen LogP contribution < -0.4 is 15.5 Å². The van der Waals surface area contributed by atoms with Crippen LogP contribution >= 0.6 is 11.3 Å². The number of anilines is 1. The van der Waals surface area contributed by atoms with Crippen LogP contribution in [0.2, 0.25) is 0 Å². The number of H-pyrrole nitrogens is 2. The zero-order chi connectivity index (χ0) is 19.7. The van der Waals surface area contributed by atoms with Crippen LogP contribution in [0.3, 0.4) is 0 Å². The van der Waals surface area contributed by atoms with Gasteiger partial charge in [-0.1, -0.05) is 18.2 Å². The fourth-order valence-electron chi connectivity index (χ4n) is 2.57. The Morgan fingerprint density at radius 3 is 2.50 bits per heavy atom. The molecule has 0 unspecified atom stereocenters. The van der Waals surface area contributed by atoms with Gasteiger partial charge in [-0.15, -0.1) is 11.3 Å². The smallest absolute Gasteiger partial charge is 0.323 e. The van der Waals surface area contributed by atoms with Gasteiger partial charge in [0, 0.05) is 5.69 Å². The van der Waals surface area contributed by atoms with E-state index in [0.717, 1.165) is 11.3 Å². The van der Waals surface area contributed by atoms with Crippen molar-refractivity contribution in [2.75, 3.05) is 4.72 Å². The average molecular weight is 413 g/mol. The van der Waals surface area contributed by atoms with Crippen molar-refractivity contribution in [2.24, 2.45) is 4.99 Å². The molecule has 10 heteroatoms. The first-order valence-electron chi connectivity index (χ1n) is 8.05. The molecule has 2 aromatic carbocycles. The van der Waals surface area contributed by atoms with Gasteiger partial charge in [0.05, 0.1) is 16.7 Å². The summed E-state index contributed by atoms with van der Waals surface area (Å²) in [6, 6.07) is 14.0. The van der Waals surface area contributed by atoms with Gasteiger partial charge in [-0.25, -0.2) is 13.2 Å². The fraction of sp³-hybridized carbons (Fsp3) is 0. The number of imidazole rings is 1. The molecule has 2 heterocycles. The van der Waals surface area contributed by atoms with Crippen molar-refractivity contribution in [3.05, 3.63) is 76.0 Å². The van der Waals surface area contributed by atoms with E-state index < -0.39 is 15.9 Å². The Hall–Kier alpha value is -3.37. The maximum Gasteiger partial charge on any atom is 0.323 e. The van der Waals surface area contributed by atoms with Gasteiger partial charge in [-0.05, 0) is 53.2 Å². The molecule has 0 amide bonds. The van der Waals surface area contributed by atoms with Crippen LogP contribution in [0, 0.1) is 0 Å². The summed E-state index contributed by atoms with van der Waals surface area (Å²) in [5.41, 5.74) is 1.89. The highest BCUT2D eigenvalue weighted by molar-refractivity contribution is 7.94. The molecule has 0 aliphatic rings. The topological polar surface area (TPSA) is 130 Å². The summed E-state index contributed by atoms with van der Waals surface area (Å²) in [7, 11) is -3.64. The highest BCUT2D eigenvalue weighted by Crippen LogP contribution is 2.21. The molecule has 0 saturated carbocycles. The minimum Gasteiger partial charge on any atom is -0.858 e. The van der Waals surface area contributed by atoms with Crippen molar-refractivity contribution in [3.8, 4) is 0 Å². The number of aromatic nitrogens is 2. The van der Waals surface area contributed by atoms with Crippen LogP contribution in [0.5, 0.6) is 0 Å². The first kappa shape index (κ1) is 18.0. The number of sulfonamides is 1. The SMILES string of the molecule is O=c1[nH]c2ccc(N=C([O-])c3ccc(NS(=O)(=O)c4cccs4)cc3)cc2[nH]1. The number of aliphatic imine (C=N–C) groups is 1. The van der Waals surface area contributed by atoms with Crippen LogP contribution in [0.4, 0.5) is 11.4 Å². The lowest BCUT2D eigenvalue weighted by Crippen LogP contribution is -2.18. The van der Waals surface area contributed by atoms with Gasteiger partial charge < -0.3 is 15.1 Å². The van der Waals surface area contributed by atoms with E-state index in [1.807, 2.05) is 0 Å². The first-order valence-corrected chi connectivity index (χ1v) is 10.4. The van der Waals surface area contributed by atoms with Gasteiger partial charge in [0.2, 0.25) is 0 Å². The lowest BCUT2D eigenvalue weighted by atomic mass is 10.2. The molecule has 0 aliphatic heterocycles. The minimum absolute atomic E-state index is 0.209. The van der Waals surface area contributed by atoms with Gasteiger partial charge in [0.1, 0.15) is 4.21 Å². The number of benzene rings is 2. The third-order valence-electron chi connectivity index (χ3n) is 3.87. The zero-order valence-corrected chi connectivity index (χ0v) is 15.8. The largest absolute Gasteiger partial charge is 0.858 e. The fourth-order valence-corrected chi connectivity index (χ4v) is 4.63. The standard InChI is InChI=1S/C18H14N4O4S2/c23-17(19-13-7-8-14-15(10-13)21-18(24)20-14)11-3-5-12(6-4-11)22-28(25,26)16-2-1-9-27-16/h1-10,22H,(H,19,23)(H2,20,21,24)/p-1. The van der Waals surface area contributed by atoms with Crippen molar-refractivity contribution in [1.82, 2.24) is 9.97 Å². The van der Waals surface area contributed by atoms with E-state index in [-0.39, 0.29) is 9.90 Å². The van der Waals surface area contributed by atoms with Crippen LogP contribution in [0.25, 0.3) is 11.0 Å². The summed E-state index contributed by atoms with van der Waals surface area (Å²) in [6.45, 7) is 0. The second-order valence-electron chi connectivity index (χ2n) is 5.84. The second kappa shape index (κ2) is 6.98. The molecule has 0 atom stereocenters. The monoisotopic (exact) mass is 413 g/mol. The molecular formula is C18H13N4O4S2-. The van der Waals surface area contributed by atoms with E-state index >= 15 is 0 Å². The first-order chi connectivity index (χ1) is 13.4. The second-order valence-corrected chi connectivity index (χ2v) is 8.70. The molecule has 142 valence electrons. The van der Waals surface area contributed by atoms with Crippen molar-refractivity contribution < 1.29 is 13.5 Å². The molecule has 4 aromatic rings. The molecule has 4 rings (SSSR count). The number of rotatable bonds is 5. The molecule has 0 bridgehead atoms. The third kappa shape index (κ3) is 3.68. The summed E-state index contributed by atoms with van der Waals surface area (Å²) < 4.78 is 27.1. The number of thiophene rings is 1. The molecule has 28 heavy (non-hydrogen) atoms.